The zero-order valence-electron chi connectivity index (χ0n) is 9.55. The van der Waals surface area contributed by atoms with Gasteiger partial charge in [0, 0.05) is 5.56 Å². The van der Waals surface area contributed by atoms with E-state index in [-0.39, 0.29) is 5.56 Å². The van der Waals surface area contributed by atoms with Crippen LogP contribution in [0.2, 0.25) is 0 Å². The molecule has 1 rings (SSSR count). The van der Waals surface area contributed by atoms with Gasteiger partial charge in [-0.3, -0.25) is 4.79 Å². The molecule has 0 aliphatic carbocycles. The van der Waals surface area contributed by atoms with E-state index in [2.05, 4.69) is 0 Å². The van der Waals surface area contributed by atoms with Gasteiger partial charge in [-0.1, -0.05) is 30.3 Å². The molecular formula is C12H16O6. The van der Waals surface area contributed by atoms with Gasteiger partial charge in [0.1, 0.15) is 24.4 Å². The van der Waals surface area contributed by atoms with Crippen LogP contribution in [-0.4, -0.2) is 62.3 Å². The fourth-order valence-corrected chi connectivity index (χ4v) is 1.45. The predicted molar refractivity (Wildman–Crippen MR) is 61.9 cm³/mol. The third-order valence-corrected chi connectivity index (χ3v) is 2.58. The Kier molecular flexibility index (Phi) is 5.39. The highest BCUT2D eigenvalue weighted by Crippen LogP contribution is 2.11. The van der Waals surface area contributed by atoms with Crippen LogP contribution in [0.4, 0.5) is 0 Å². The van der Waals surface area contributed by atoms with E-state index in [1.54, 1.807) is 18.2 Å². The molecule has 100 valence electrons. The topological polar surface area (TPSA) is 118 Å². The summed E-state index contributed by atoms with van der Waals surface area (Å²) in [6, 6.07) is 7.76. The SMILES string of the molecule is O=C(c1ccccc1)[C@H](O)[C@@H](O)[C@H](O)[C@H](O)CO. The lowest BCUT2D eigenvalue weighted by Crippen LogP contribution is -2.48. The van der Waals surface area contributed by atoms with Gasteiger partial charge in [0.2, 0.25) is 0 Å². The molecule has 1 aromatic rings. The summed E-state index contributed by atoms with van der Waals surface area (Å²) < 4.78 is 0. The molecule has 0 saturated heterocycles. The van der Waals surface area contributed by atoms with Gasteiger partial charge in [-0.2, -0.15) is 0 Å². The van der Waals surface area contributed by atoms with E-state index in [4.69, 9.17) is 10.2 Å². The molecule has 0 radical (unpaired) electrons. The van der Waals surface area contributed by atoms with Gasteiger partial charge >= 0.3 is 0 Å². The van der Waals surface area contributed by atoms with E-state index in [0.717, 1.165) is 0 Å². The molecule has 0 aliphatic rings. The molecule has 0 bridgehead atoms. The first-order valence-corrected chi connectivity index (χ1v) is 5.41. The van der Waals surface area contributed by atoms with E-state index < -0.39 is 36.8 Å². The minimum absolute atomic E-state index is 0.176. The molecule has 0 spiro atoms. The van der Waals surface area contributed by atoms with Crippen molar-refractivity contribution in [1.82, 2.24) is 0 Å². The average molecular weight is 256 g/mol. The Morgan fingerprint density at radius 2 is 1.56 bits per heavy atom. The van der Waals surface area contributed by atoms with E-state index >= 15 is 0 Å². The Labute approximate surface area is 104 Å². The second-order valence-electron chi connectivity index (χ2n) is 3.91. The van der Waals surface area contributed by atoms with Crippen LogP contribution in [0.1, 0.15) is 10.4 Å². The summed E-state index contributed by atoms with van der Waals surface area (Å²) in [4.78, 5) is 11.7. The molecule has 1 aromatic carbocycles. The van der Waals surface area contributed by atoms with E-state index in [9.17, 15) is 20.1 Å². The lowest BCUT2D eigenvalue weighted by atomic mass is 9.97. The molecular weight excluding hydrogens is 240 g/mol. The fourth-order valence-electron chi connectivity index (χ4n) is 1.45. The van der Waals surface area contributed by atoms with Crippen LogP contribution >= 0.6 is 0 Å². The Hall–Kier alpha value is -1.31. The Bertz CT molecular complexity index is 379. The Balaban J connectivity index is 2.75. The van der Waals surface area contributed by atoms with Crippen LogP contribution in [0.3, 0.4) is 0 Å². The molecule has 0 fully saturated rings. The number of carbonyl (C=O) groups is 1. The van der Waals surface area contributed by atoms with Crippen molar-refractivity contribution in [3.63, 3.8) is 0 Å². The molecule has 0 amide bonds. The van der Waals surface area contributed by atoms with Crippen LogP contribution in [0.5, 0.6) is 0 Å². The third-order valence-electron chi connectivity index (χ3n) is 2.58. The molecule has 0 saturated carbocycles. The fraction of sp³-hybridized carbons (Fsp3) is 0.417. The van der Waals surface area contributed by atoms with Crippen molar-refractivity contribution in [2.75, 3.05) is 6.61 Å². The third kappa shape index (κ3) is 3.34. The average Bonchev–Trinajstić information content (AvgIpc) is 2.44. The van der Waals surface area contributed by atoms with Gasteiger partial charge in [-0.15, -0.1) is 0 Å². The highest BCUT2D eigenvalue weighted by Gasteiger charge is 2.34. The van der Waals surface area contributed by atoms with Gasteiger partial charge in [-0.25, -0.2) is 0 Å². The Morgan fingerprint density at radius 1 is 1.00 bits per heavy atom. The summed E-state index contributed by atoms with van der Waals surface area (Å²) in [5.74, 6) is -0.771. The quantitative estimate of drug-likeness (QED) is 0.387. The number of rotatable bonds is 6. The highest BCUT2D eigenvalue weighted by atomic mass is 16.4. The second kappa shape index (κ2) is 6.58. The van der Waals surface area contributed by atoms with Crippen LogP contribution in [0, 0.1) is 0 Å². The molecule has 0 heterocycles. The molecule has 0 unspecified atom stereocenters. The van der Waals surface area contributed by atoms with Crippen molar-refractivity contribution < 1.29 is 30.3 Å². The minimum Gasteiger partial charge on any atom is -0.394 e. The number of ketones is 1. The largest absolute Gasteiger partial charge is 0.394 e. The monoisotopic (exact) mass is 256 g/mol. The van der Waals surface area contributed by atoms with Gasteiger partial charge in [0.05, 0.1) is 6.61 Å². The predicted octanol–water partition coefficient (Wildman–Crippen LogP) is -1.69. The summed E-state index contributed by atoms with van der Waals surface area (Å²) in [7, 11) is 0. The first-order valence-electron chi connectivity index (χ1n) is 5.41. The molecule has 0 aliphatic heterocycles. The van der Waals surface area contributed by atoms with Crippen molar-refractivity contribution in [3.8, 4) is 0 Å². The summed E-state index contributed by atoms with van der Waals surface area (Å²) in [6.07, 6.45) is -7.18. The van der Waals surface area contributed by atoms with Crippen LogP contribution < -0.4 is 0 Å². The van der Waals surface area contributed by atoms with Crippen LogP contribution in [0.15, 0.2) is 30.3 Å². The second-order valence-corrected chi connectivity index (χ2v) is 3.91. The van der Waals surface area contributed by atoms with Crippen molar-refractivity contribution in [3.05, 3.63) is 35.9 Å². The standard InChI is InChI=1S/C12H16O6/c13-6-8(14)10(16)12(18)11(17)9(15)7-4-2-1-3-5-7/h1-5,8,10-14,16-18H,6H2/t8-,10-,11+,12+/m1/s1. The molecule has 6 nitrogen and oxygen atoms in total. The number of carbonyl (C=O) groups excluding carboxylic acids is 1. The van der Waals surface area contributed by atoms with Gasteiger partial charge in [0.25, 0.3) is 0 Å². The normalized spacial score (nSPS) is 17.8. The number of benzene rings is 1. The summed E-state index contributed by atoms with van der Waals surface area (Å²) in [6.45, 7) is -0.787. The zero-order valence-corrected chi connectivity index (χ0v) is 9.55. The maximum Gasteiger partial charge on any atom is 0.194 e. The van der Waals surface area contributed by atoms with E-state index in [1.807, 2.05) is 0 Å². The smallest absolute Gasteiger partial charge is 0.194 e. The number of hydrogen-bond donors (Lipinski definition) is 5. The number of aliphatic hydroxyl groups excluding tert-OH is 5. The molecule has 0 aromatic heterocycles. The van der Waals surface area contributed by atoms with Crippen molar-refractivity contribution in [2.45, 2.75) is 24.4 Å². The lowest BCUT2D eigenvalue weighted by Gasteiger charge is -2.24. The number of hydrogen-bond acceptors (Lipinski definition) is 6. The van der Waals surface area contributed by atoms with Gasteiger partial charge in [0.15, 0.2) is 5.78 Å². The maximum atomic E-state index is 11.7. The van der Waals surface area contributed by atoms with E-state index in [0.29, 0.717) is 0 Å². The van der Waals surface area contributed by atoms with E-state index in [1.165, 1.54) is 12.1 Å². The summed E-state index contributed by atoms with van der Waals surface area (Å²) >= 11 is 0. The lowest BCUT2D eigenvalue weighted by molar-refractivity contribution is -0.105. The minimum atomic E-state index is -1.88. The summed E-state index contributed by atoms with van der Waals surface area (Å²) in [5.41, 5.74) is 0.176. The number of aliphatic hydroxyl groups is 5. The molecule has 6 heteroatoms. The first-order chi connectivity index (χ1) is 8.49. The van der Waals surface area contributed by atoms with Crippen LogP contribution in [-0.2, 0) is 0 Å². The van der Waals surface area contributed by atoms with Crippen molar-refractivity contribution in [1.29, 1.82) is 0 Å². The number of Topliss-reactive ketones (excluding diaryl/α,β-unsaturated/α-hetero) is 1. The molecule has 4 atom stereocenters. The van der Waals surface area contributed by atoms with Crippen LogP contribution in [0.25, 0.3) is 0 Å². The molecule has 18 heavy (non-hydrogen) atoms. The Morgan fingerprint density at radius 3 is 2.06 bits per heavy atom. The van der Waals surface area contributed by atoms with Gasteiger partial charge < -0.3 is 25.5 Å². The summed E-state index contributed by atoms with van der Waals surface area (Å²) in [5, 5.41) is 46.2. The first kappa shape index (κ1) is 14.7. The van der Waals surface area contributed by atoms with Crippen molar-refractivity contribution in [2.24, 2.45) is 0 Å². The molecule has 5 N–H and O–H groups in total. The highest BCUT2D eigenvalue weighted by molar-refractivity contribution is 5.99. The van der Waals surface area contributed by atoms with Crippen molar-refractivity contribution >= 4 is 5.78 Å². The van der Waals surface area contributed by atoms with Gasteiger partial charge in [-0.05, 0) is 0 Å². The zero-order chi connectivity index (χ0) is 13.7. The maximum absolute atomic E-state index is 11.7.